The number of ether oxygens (including phenoxy) is 1. The highest BCUT2D eigenvalue weighted by Crippen LogP contribution is 2.26. The van der Waals surface area contributed by atoms with Crippen molar-refractivity contribution >= 4 is 5.97 Å². The van der Waals surface area contributed by atoms with Gasteiger partial charge in [-0.2, -0.15) is 13.2 Å². The normalized spacial score (nSPS) is 13.8. The topological polar surface area (TPSA) is 26.3 Å². The predicted octanol–water partition coefficient (Wildman–Crippen LogP) is 1.87. The van der Waals surface area contributed by atoms with Gasteiger partial charge in [0.1, 0.15) is 5.92 Å². The zero-order valence-electron chi connectivity index (χ0n) is 5.81. The maximum atomic E-state index is 11.7. The van der Waals surface area contributed by atoms with E-state index in [0.29, 0.717) is 6.26 Å². The highest BCUT2D eigenvalue weighted by molar-refractivity contribution is 5.73. The van der Waals surface area contributed by atoms with Gasteiger partial charge >= 0.3 is 12.1 Å². The molecule has 0 rings (SSSR count). The van der Waals surface area contributed by atoms with Crippen LogP contribution in [0.5, 0.6) is 0 Å². The van der Waals surface area contributed by atoms with Crippen molar-refractivity contribution in [2.75, 3.05) is 0 Å². The quantitative estimate of drug-likeness (QED) is 0.464. The molecule has 5 heteroatoms. The Kier molecular flexibility index (Phi) is 3.10. The Morgan fingerprint density at radius 2 is 2.09 bits per heavy atom. The maximum absolute atomic E-state index is 11.7. The molecule has 0 heterocycles. The van der Waals surface area contributed by atoms with Crippen LogP contribution in [0.1, 0.15) is 6.92 Å². The Bertz CT molecular complexity index is 162. The van der Waals surface area contributed by atoms with E-state index in [4.69, 9.17) is 0 Å². The number of alkyl halides is 3. The van der Waals surface area contributed by atoms with E-state index in [1.165, 1.54) is 0 Å². The van der Waals surface area contributed by atoms with Crippen LogP contribution < -0.4 is 0 Å². The molecule has 0 saturated carbocycles. The Morgan fingerprint density at radius 1 is 1.64 bits per heavy atom. The van der Waals surface area contributed by atoms with Crippen LogP contribution in [0.15, 0.2) is 12.8 Å². The lowest BCUT2D eigenvalue weighted by Crippen LogP contribution is -2.28. The van der Waals surface area contributed by atoms with Crippen molar-refractivity contribution in [3.63, 3.8) is 0 Å². The van der Waals surface area contributed by atoms with Gasteiger partial charge in [-0.3, -0.25) is 4.79 Å². The Labute approximate surface area is 61.6 Å². The summed E-state index contributed by atoms with van der Waals surface area (Å²) in [6, 6.07) is 0. The Balaban J connectivity index is 4.13. The lowest BCUT2D eigenvalue weighted by atomic mass is 10.2. The van der Waals surface area contributed by atoms with Crippen molar-refractivity contribution in [3.8, 4) is 0 Å². The van der Waals surface area contributed by atoms with E-state index in [0.717, 1.165) is 6.92 Å². The van der Waals surface area contributed by atoms with Gasteiger partial charge in [-0.15, -0.1) is 0 Å². The molecule has 0 saturated heterocycles. The predicted molar refractivity (Wildman–Crippen MR) is 31.5 cm³/mol. The lowest BCUT2D eigenvalue weighted by Gasteiger charge is -2.11. The molecule has 0 amide bonds. The fraction of sp³-hybridized carbons (Fsp3) is 0.500. The van der Waals surface area contributed by atoms with Crippen LogP contribution in [0.2, 0.25) is 0 Å². The van der Waals surface area contributed by atoms with Crippen LogP contribution in [0.25, 0.3) is 0 Å². The highest BCUT2D eigenvalue weighted by atomic mass is 19.4. The minimum absolute atomic E-state index is 0.671. The lowest BCUT2D eigenvalue weighted by molar-refractivity contribution is -0.190. The summed E-state index contributed by atoms with van der Waals surface area (Å²) in [6.45, 7) is 3.68. The number of hydrogen-bond acceptors (Lipinski definition) is 2. The molecule has 0 bridgehead atoms. The summed E-state index contributed by atoms with van der Waals surface area (Å²) in [5.41, 5.74) is 0. The summed E-state index contributed by atoms with van der Waals surface area (Å²) in [5.74, 6) is -3.44. The molecule has 0 fully saturated rings. The van der Waals surface area contributed by atoms with E-state index in [1.807, 2.05) is 0 Å². The first kappa shape index (κ1) is 10.0. The van der Waals surface area contributed by atoms with Gasteiger partial charge in [0.25, 0.3) is 0 Å². The molecule has 0 aliphatic heterocycles. The first-order valence-electron chi connectivity index (χ1n) is 2.77. The third-order valence-electron chi connectivity index (χ3n) is 1.04. The number of halogens is 3. The van der Waals surface area contributed by atoms with Gasteiger partial charge in [0.15, 0.2) is 0 Å². The van der Waals surface area contributed by atoms with Crippen LogP contribution in [0, 0.1) is 5.92 Å². The average molecular weight is 168 g/mol. The second-order valence-corrected chi connectivity index (χ2v) is 1.87. The highest BCUT2D eigenvalue weighted by Gasteiger charge is 2.42. The van der Waals surface area contributed by atoms with Gasteiger partial charge in [-0.05, 0) is 6.92 Å². The molecule has 0 aromatic rings. The van der Waals surface area contributed by atoms with Gasteiger partial charge in [0.2, 0.25) is 0 Å². The molecular weight excluding hydrogens is 161 g/mol. The molecule has 0 aromatic carbocycles. The standard InChI is InChI=1S/C6H7F3O2/c1-3-11-5(10)4(2)6(7,8)9/h3-4H,1H2,2H3. The van der Waals surface area contributed by atoms with Crippen molar-refractivity contribution in [1.29, 1.82) is 0 Å². The van der Waals surface area contributed by atoms with Gasteiger partial charge < -0.3 is 4.74 Å². The largest absolute Gasteiger partial charge is 0.435 e. The summed E-state index contributed by atoms with van der Waals surface area (Å²) >= 11 is 0. The van der Waals surface area contributed by atoms with E-state index >= 15 is 0 Å². The molecule has 2 nitrogen and oxygen atoms in total. The molecule has 0 aliphatic rings. The molecular formula is C6H7F3O2. The van der Waals surface area contributed by atoms with E-state index in [2.05, 4.69) is 11.3 Å². The van der Waals surface area contributed by atoms with Crippen molar-refractivity contribution in [3.05, 3.63) is 12.8 Å². The molecule has 11 heavy (non-hydrogen) atoms. The van der Waals surface area contributed by atoms with Crippen LogP contribution in [-0.4, -0.2) is 12.1 Å². The van der Waals surface area contributed by atoms with E-state index in [1.54, 1.807) is 0 Å². The zero-order valence-corrected chi connectivity index (χ0v) is 5.81. The molecule has 0 radical (unpaired) electrons. The van der Waals surface area contributed by atoms with Gasteiger partial charge in [-0.1, -0.05) is 6.58 Å². The van der Waals surface area contributed by atoms with Crippen LogP contribution in [0.4, 0.5) is 13.2 Å². The third kappa shape index (κ3) is 3.06. The van der Waals surface area contributed by atoms with E-state index in [-0.39, 0.29) is 0 Å². The van der Waals surface area contributed by atoms with Gasteiger partial charge in [0, 0.05) is 0 Å². The second-order valence-electron chi connectivity index (χ2n) is 1.87. The second kappa shape index (κ2) is 3.41. The Morgan fingerprint density at radius 3 is 2.36 bits per heavy atom. The molecule has 64 valence electrons. The van der Waals surface area contributed by atoms with Gasteiger partial charge in [-0.25, -0.2) is 0 Å². The third-order valence-corrected chi connectivity index (χ3v) is 1.04. The molecule has 0 aromatic heterocycles. The minimum atomic E-state index is -4.54. The number of carbonyl (C=O) groups excluding carboxylic acids is 1. The van der Waals surface area contributed by atoms with E-state index in [9.17, 15) is 18.0 Å². The number of rotatable bonds is 2. The van der Waals surface area contributed by atoms with Crippen LogP contribution in [-0.2, 0) is 9.53 Å². The van der Waals surface area contributed by atoms with Gasteiger partial charge in [0.05, 0.1) is 6.26 Å². The van der Waals surface area contributed by atoms with Crippen molar-refractivity contribution in [2.45, 2.75) is 13.1 Å². The summed E-state index contributed by atoms with van der Waals surface area (Å²) in [4.78, 5) is 10.4. The number of esters is 1. The smallest absolute Gasteiger partial charge is 0.401 e. The molecule has 0 N–H and O–H groups in total. The molecule has 1 atom stereocenters. The summed E-state index contributed by atoms with van der Waals surface area (Å²) in [5, 5.41) is 0. The van der Waals surface area contributed by atoms with Crippen LogP contribution >= 0.6 is 0 Å². The SMILES string of the molecule is C=COC(=O)C(C)C(F)(F)F. The summed E-state index contributed by atoms with van der Waals surface area (Å²) < 4.78 is 39.0. The summed E-state index contributed by atoms with van der Waals surface area (Å²) in [6.07, 6.45) is -3.87. The molecule has 1 unspecified atom stereocenters. The number of carbonyl (C=O) groups is 1. The molecule has 0 spiro atoms. The minimum Gasteiger partial charge on any atom is -0.435 e. The van der Waals surface area contributed by atoms with Crippen molar-refractivity contribution < 1.29 is 22.7 Å². The first-order valence-corrected chi connectivity index (χ1v) is 2.77. The fourth-order valence-electron chi connectivity index (χ4n) is 0.318. The average Bonchev–Trinajstić information content (AvgIpc) is 1.85. The van der Waals surface area contributed by atoms with Crippen LogP contribution in [0.3, 0.4) is 0 Å². The Hall–Kier alpha value is -1.00. The van der Waals surface area contributed by atoms with Crippen molar-refractivity contribution in [2.24, 2.45) is 5.92 Å². The fourth-order valence-corrected chi connectivity index (χ4v) is 0.318. The number of hydrogen-bond donors (Lipinski definition) is 0. The summed E-state index contributed by atoms with van der Waals surface area (Å²) in [7, 11) is 0. The molecule has 0 aliphatic carbocycles. The zero-order chi connectivity index (χ0) is 9.07. The maximum Gasteiger partial charge on any atom is 0.401 e. The first-order chi connectivity index (χ1) is 4.89. The van der Waals surface area contributed by atoms with E-state index < -0.39 is 18.1 Å². The van der Waals surface area contributed by atoms with Crippen molar-refractivity contribution in [1.82, 2.24) is 0 Å². The monoisotopic (exact) mass is 168 g/mol.